The number of carbonyl (C=O) groups excluding carboxylic acids is 2. The third-order valence-corrected chi connectivity index (χ3v) is 4.07. The van der Waals surface area contributed by atoms with E-state index < -0.39 is 11.8 Å². The molecule has 25 heavy (non-hydrogen) atoms. The van der Waals surface area contributed by atoms with Crippen molar-refractivity contribution in [2.75, 3.05) is 6.61 Å². The van der Waals surface area contributed by atoms with Gasteiger partial charge in [0, 0.05) is 10.5 Å². The predicted octanol–water partition coefficient (Wildman–Crippen LogP) is 3.66. The summed E-state index contributed by atoms with van der Waals surface area (Å²) in [7, 11) is 0. The average molecular weight is 472 g/mol. The Hall–Kier alpha value is -2.06. The van der Waals surface area contributed by atoms with Gasteiger partial charge < -0.3 is 9.15 Å². The van der Waals surface area contributed by atoms with Crippen LogP contribution in [0.3, 0.4) is 0 Å². The number of furan rings is 1. The van der Waals surface area contributed by atoms with Gasteiger partial charge in [-0.15, -0.1) is 0 Å². The number of carbonyl (C=O) groups is 2. The minimum Gasteiger partial charge on any atom is -0.482 e. The molecule has 0 spiro atoms. The highest BCUT2D eigenvalue weighted by atomic mass is 79.9. The molecule has 1 aromatic heterocycles. The Morgan fingerprint density at radius 2 is 1.96 bits per heavy atom. The standard InChI is InChI=1S/C17H16Br2N2O4/c1-10-7-12(18)8-14(19)17(10)24-9-16(23)21-20-15(22)6-5-13-4-3-11(2)25-13/h3-8H,9H2,1-2H3,(H,20,22)(H,21,23)/b6-5+. The molecule has 0 aliphatic heterocycles. The van der Waals surface area contributed by atoms with E-state index in [0.717, 1.165) is 20.3 Å². The molecular weight excluding hydrogens is 456 g/mol. The van der Waals surface area contributed by atoms with E-state index >= 15 is 0 Å². The Morgan fingerprint density at radius 3 is 2.60 bits per heavy atom. The fourth-order valence-electron chi connectivity index (χ4n) is 1.92. The average Bonchev–Trinajstić information content (AvgIpc) is 2.95. The first-order chi connectivity index (χ1) is 11.8. The molecule has 0 atom stereocenters. The van der Waals surface area contributed by atoms with Gasteiger partial charge in [-0.05, 0) is 65.7 Å². The summed E-state index contributed by atoms with van der Waals surface area (Å²) >= 11 is 6.76. The van der Waals surface area contributed by atoms with Crippen LogP contribution in [0.5, 0.6) is 5.75 Å². The maximum atomic E-state index is 11.8. The molecule has 8 heteroatoms. The number of rotatable bonds is 5. The molecule has 1 heterocycles. The fraction of sp³-hybridized carbons (Fsp3) is 0.176. The van der Waals surface area contributed by atoms with E-state index in [0.29, 0.717) is 11.5 Å². The van der Waals surface area contributed by atoms with E-state index in [4.69, 9.17) is 9.15 Å². The summed E-state index contributed by atoms with van der Waals surface area (Å²) in [5.41, 5.74) is 5.41. The zero-order valence-electron chi connectivity index (χ0n) is 13.6. The molecule has 0 unspecified atom stereocenters. The van der Waals surface area contributed by atoms with Crippen LogP contribution in [0.25, 0.3) is 6.08 Å². The lowest BCUT2D eigenvalue weighted by molar-refractivity contribution is -0.128. The lowest BCUT2D eigenvalue weighted by Gasteiger charge is -2.12. The monoisotopic (exact) mass is 470 g/mol. The number of aryl methyl sites for hydroxylation is 2. The van der Waals surface area contributed by atoms with Crippen molar-refractivity contribution in [3.05, 3.63) is 56.4 Å². The topological polar surface area (TPSA) is 80.6 Å². The van der Waals surface area contributed by atoms with Crippen LogP contribution in [0.15, 0.2) is 43.7 Å². The molecule has 0 saturated carbocycles. The van der Waals surface area contributed by atoms with E-state index in [1.54, 1.807) is 12.1 Å². The van der Waals surface area contributed by atoms with Gasteiger partial charge in [0.25, 0.3) is 11.8 Å². The van der Waals surface area contributed by atoms with Crippen LogP contribution < -0.4 is 15.6 Å². The van der Waals surface area contributed by atoms with Crippen molar-refractivity contribution in [1.29, 1.82) is 0 Å². The number of amides is 2. The molecule has 0 aliphatic rings. The number of hydrogen-bond acceptors (Lipinski definition) is 4. The highest BCUT2D eigenvalue weighted by molar-refractivity contribution is 9.11. The van der Waals surface area contributed by atoms with Gasteiger partial charge >= 0.3 is 0 Å². The zero-order chi connectivity index (χ0) is 18.4. The molecule has 132 valence electrons. The summed E-state index contributed by atoms with van der Waals surface area (Å²) < 4.78 is 12.4. The molecule has 2 aromatic rings. The van der Waals surface area contributed by atoms with Crippen molar-refractivity contribution >= 4 is 49.8 Å². The Kier molecular flexibility index (Phi) is 6.83. The van der Waals surface area contributed by atoms with Crippen LogP contribution in [0, 0.1) is 13.8 Å². The molecule has 0 saturated heterocycles. The van der Waals surface area contributed by atoms with E-state index in [2.05, 4.69) is 42.7 Å². The molecule has 0 bridgehead atoms. The van der Waals surface area contributed by atoms with Crippen molar-refractivity contribution in [2.45, 2.75) is 13.8 Å². The lowest BCUT2D eigenvalue weighted by Crippen LogP contribution is -2.43. The largest absolute Gasteiger partial charge is 0.482 e. The van der Waals surface area contributed by atoms with Crippen LogP contribution in [0.4, 0.5) is 0 Å². The summed E-state index contributed by atoms with van der Waals surface area (Å²) in [4.78, 5) is 23.4. The number of hydrogen-bond donors (Lipinski definition) is 2. The van der Waals surface area contributed by atoms with Gasteiger partial charge in [0.05, 0.1) is 4.47 Å². The van der Waals surface area contributed by atoms with Crippen LogP contribution >= 0.6 is 31.9 Å². The van der Waals surface area contributed by atoms with Gasteiger partial charge in [-0.25, -0.2) is 0 Å². The van der Waals surface area contributed by atoms with Crippen LogP contribution in [-0.4, -0.2) is 18.4 Å². The van der Waals surface area contributed by atoms with Gasteiger partial charge in [0.2, 0.25) is 0 Å². The van der Waals surface area contributed by atoms with Crippen molar-refractivity contribution in [3.63, 3.8) is 0 Å². The Labute approximate surface area is 161 Å². The quantitative estimate of drug-likeness (QED) is 0.515. The maximum Gasteiger partial charge on any atom is 0.276 e. The first kappa shape index (κ1) is 19.3. The SMILES string of the molecule is Cc1ccc(/C=C/C(=O)NNC(=O)COc2c(C)cc(Br)cc2Br)o1. The third-order valence-electron chi connectivity index (χ3n) is 3.03. The normalized spacial score (nSPS) is 10.7. The second kappa shape index (κ2) is 8.87. The number of benzene rings is 1. The minimum absolute atomic E-state index is 0.234. The second-order valence-electron chi connectivity index (χ2n) is 5.14. The molecule has 0 fully saturated rings. The minimum atomic E-state index is -0.483. The van der Waals surface area contributed by atoms with Gasteiger partial charge in [-0.2, -0.15) is 0 Å². The summed E-state index contributed by atoms with van der Waals surface area (Å²) in [5, 5.41) is 0. The van der Waals surface area contributed by atoms with Crippen LogP contribution in [0.2, 0.25) is 0 Å². The third kappa shape index (κ3) is 6.06. The number of nitrogens with one attached hydrogen (secondary N) is 2. The zero-order valence-corrected chi connectivity index (χ0v) is 16.7. The highest BCUT2D eigenvalue weighted by Crippen LogP contribution is 2.32. The Morgan fingerprint density at radius 1 is 1.20 bits per heavy atom. The molecule has 2 rings (SSSR count). The van der Waals surface area contributed by atoms with Crippen molar-refractivity contribution in [1.82, 2.24) is 10.9 Å². The van der Waals surface area contributed by atoms with Gasteiger partial charge in [-0.3, -0.25) is 20.4 Å². The van der Waals surface area contributed by atoms with Gasteiger partial charge in [0.1, 0.15) is 17.3 Å². The van der Waals surface area contributed by atoms with Crippen molar-refractivity contribution in [2.24, 2.45) is 0 Å². The maximum absolute atomic E-state index is 11.8. The van der Waals surface area contributed by atoms with Crippen LogP contribution in [-0.2, 0) is 9.59 Å². The first-order valence-electron chi connectivity index (χ1n) is 7.27. The molecule has 2 amide bonds. The van der Waals surface area contributed by atoms with E-state index in [-0.39, 0.29) is 6.61 Å². The molecule has 0 aliphatic carbocycles. The summed E-state index contributed by atoms with van der Waals surface area (Å²) in [6.07, 6.45) is 2.77. The Bertz CT molecular complexity index is 792. The molecule has 0 radical (unpaired) electrons. The summed E-state index contributed by atoms with van der Waals surface area (Å²) in [5.74, 6) is 0.906. The summed E-state index contributed by atoms with van der Waals surface area (Å²) in [6, 6.07) is 7.23. The Balaban J connectivity index is 1.79. The number of halogens is 2. The smallest absolute Gasteiger partial charge is 0.276 e. The lowest BCUT2D eigenvalue weighted by atomic mass is 10.2. The predicted molar refractivity (Wildman–Crippen MR) is 101 cm³/mol. The molecule has 2 N–H and O–H groups in total. The molecule has 6 nitrogen and oxygen atoms in total. The highest BCUT2D eigenvalue weighted by Gasteiger charge is 2.10. The number of hydrazine groups is 1. The summed E-state index contributed by atoms with van der Waals surface area (Å²) in [6.45, 7) is 3.44. The van der Waals surface area contributed by atoms with Crippen LogP contribution in [0.1, 0.15) is 17.1 Å². The number of ether oxygens (including phenoxy) is 1. The van der Waals surface area contributed by atoms with Gasteiger partial charge in [0.15, 0.2) is 6.61 Å². The van der Waals surface area contributed by atoms with E-state index in [9.17, 15) is 9.59 Å². The fourth-order valence-corrected chi connectivity index (χ4v) is 3.47. The van der Waals surface area contributed by atoms with Crippen molar-refractivity contribution in [3.8, 4) is 5.75 Å². The molecule has 1 aromatic carbocycles. The first-order valence-corrected chi connectivity index (χ1v) is 8.85. The van der Waals surface area contributed by atoms with E-state index in [1.807, 2.05) is 26.0 Å². The molecular formula is C17H16Br2N2O4. The van der Waals surface area contributed by atoms with Gasteiger partial charge in [-0.1, -0.05) is 15.9 Å². The second-order valence-corrected chi connectivity index (χ2v) is 6.91. The van der Waals surface area contributed by atoms with E-state index in [1.165, 1.54) is 12.2 Å². The van der Waals surface area contributed by atoms with Crippen molar-refractivity contribution < 1.29 is 18.7 Å².